The largest absolute Gasteiger partial charge is 0.383 e. The van der Waals surface area contributed by atoms with Gasteiger partial charge < -0.3 is 5.32 Å². The lowest BCUT2D eigenvalue weighted by Gasteiger charge is -2.18. The molecule has 2 nitrogen and oxygen atoms in total. The Hall–Kier alpha value is -0.460. The Morgan fingerprint density at radius 3 is 2.50 bits per heavy atom. The normalized spacial score (nSPS) is 26.1. The van der Waals surface area contributed by atoms with Crippen LogP contribution in [0, 0.1) is 0 Å². The van der Waals surface area contributed by atoms with Crippen molar-refractivity contribution in [1.29, 1.82) is 0 Å². The van der Waals surface area contributed by atoms with Gasteiger partial charge in [0.25, 0.3) is 5.91 Å². The van der Waals surface area contributed by atoms with E-state index in [1.165, 1.54) is 0 Å². The lowest BCUT2D eigenvalue weighted by Crippen LogP contribution is -2.48. The topological polar surface area (TPSA) is 29.1 Å². The van der Waals surface area contributed by atoms with Crippen molar-refractivity contribution in [1.82, 2.24) is 5.32 Å². The van der Waals surface area contributed by atoms with Crippen molar-refractivity contribution in [2.75, 3.05) is 6.26 Å². The molecule has 0 aromatic carbocycles. The molecule has 1 aliphatic rings. The summed E-state index contributed by atoms with van der Waals surface area (Å²) in [5, 5.41) is 2.29. The summed E-state index contributed by atoms with van der Waals surface area (Å²) in [5.41, 5.74) is 0. The van der Waals surface area contributed by atoms with Gasteiger partial charge in [-0.3, -0.25) is 4.79 Å². The van der Waals surface area contributed by atoms with Crippen LogP contribution in [-0.4, -0.2) is 35.8 Å². The zero-order chi connectivity index (χ0) is 12.3. The third-order valence-corrected chi connectivity index (χ3v) is 3.72. The predicted molar refractivity (Wildman–Crippen MR) is 54.0 cm³/mol. The third kappa shape index (κ3) is 3.02. The molecule has 1 fully saturated rings. The first-order valence-electron chi connectivity index (χ1n) is 4.87. The number of hydrogen-bond acceptors (Lipinski definition) is 2. The minimum absolute atomic E-state index is 0.311. The fraction of sp³-hybridized carbons (Fsp3) is 0.889. The Labute approximate surface area is 95.1 Å². The van der Waals surface area contributed by atoms with E-state index in [2.05, 4.69) is 0 Å². The van der Waals surface area contributed by atoms with Crippen LogP contribution in [-0.2, 0) is 4.79 Å². The molecule has 0 aliphatic heterocycles. The van der Waals surface area contributed by atoms with Crippen LogP contribution >= 0.6 is 11.8 Å². The number of nitrogens with one attached hydrogen (secondary N) is 1. The van der Waals surface area contributed by atoms with E-state index in [0.717, 1.165) is 6.42 Å². The van der Waals surface area contributed by atoms with Crippen LogP contribution in [0.2, 0.25) is 0 Å². The van der Waals surface area contributed by atoms with Gasteiger partial charge in [0.15, 0.2) is 0 Å². The van der Waals surface area contributed by atoms with Crippen LogP contribution in [0.3, 0.4) is 0 Å². The molecule has 0 radical (unpaired) electrons. The van der Waals surface area contributed by atoms with Crippen LogP contribution in [0.25, 0.3) is 0 Å². The molecule has 0 spiro atoms. The Kier molecular flexibility index (Phi) is 4.46. The Bertz CT molecular complexity index is 262. The first-order valence-corrected chi connectivity index (χ1v) is 6.16. The highest BCUT2D eigenvalue weighted by Gasteiger charge is 2.49. The molecule has 0 saturated heterocycles. The molecule has 16 heavy (non-hydrogen) atoms. The first-order chi connectivity index (χ1) is 7.37. The number of halogens is 4. The molecule has 0 aromatic rings. The summed E-state index contributed by atoms with van der Waals surface area (Å²) in [4.78, 5) is 10.9. The lowest BCUT2D eigenvalue weighted by atomic mass is 10.2. The number of carbonyl (C=O) groups is 1. The standard InChI is InChI=1S/C9H13F4NOS/c1-16-6-3-2-5(4-6)14-8(15)9(12,13)7(10)11/h5-7H,2-4H2,1H3,(H,14,15). The monoisotopic (exact) mass is 259 g/mol. The van der Waals surface area contributed by atoms with Crippen LogP contribution in [0.1, 0.15) is 19.3 Å². The summed E-state index contributed by atoms with van der Waals surface area (Å²) in [5.74, 6) is -6.45. The summed E-state index contributed by atoms with van der Waals surface area (Å²) < 4.78 is 48.9. The van der Waals surface area contributed by atoms with Crippen molar-refractivity contribution in [2.45, 2.75) is 42.9 Å². The molecule has 2 atom stereocenters. The van der Waals surface area contributed by atoms with E-state index >= 15 is 0 Å². The van der Waals surface area contributed by atoms with Gasteiger partial charge >= 0.3 is 12.3 Å². The Balaban J connectivity index is 2.47. The average Bonchev–Trinajstić information content (AvgIpc) is 2.65. The minimum Gasteiger partial charge on any atom is -0.348 e. The molecule has 1 saturated carbocycles. The number of amides is 1. The molecular weight excluding hydrogens is 246 g/mol. The predicted octanol–water partition coefficient (Wildman–Crippen LogP) is 2.29. The maximum atomic E-state index is 12.6. The Morgan fingerprint density at radius 2 is 2.06 bits per heavy atom. The van der Waals surface area contributed by atoms with Gasteiger partial charge in [0.05, 0.1) is 0 Å². The van der Waals surface area contributed by atoms with Gasteiger partial charge in [-0.15, -0.1) is 0 Å². The molecule has 1 amide bonds. The van der Waals surface area contributed by atoms with Crippen molar-refractivity contribution < 1.29 is 22.4 Å². The first kappa shape index (κ1) is 13.6. The molecule has 1 N–H and O–H groups in total. The van der Waals surface area contributed by atoms with E-state index in [9.17, 15) is 22.4 Å². The van der Waals surface area contributed by atoms with Crippen LogP contribution < -0.4 is 5.32 Å². The molecule has 0 bridgehead atoms. The zero-order valence-electron chi connectivity index (χ0n) is 8.68. The second kappa shape index (κ2) is 5.25. The summed E-state index contributed by atoms with van der Waals surface area (Å²) in [6, 6.07) is -0.408. The summed E-state index contributed by atoms with van der Waals surface area (Å²) >= 11 is 1.59. The number of alkyl halides is 4. The number of carbonyl (C=O) groups excluding carboxylic acids is 1. The van der Waals surface area contributed by atoms with E-state index in [1.54, 1.807) is 11.8 Å². The number of hydrogen-bond donors (Lipinski definition) is 1. The summed E-state index contributed by atoms with van der Waals surface area (Å²) in [6.45, 7) is 0. The Morgan fingerprint density at radius 1 is 1.44 bits per heavy atom. The molecule has 0 heterocycles. The van der Waals surface area contributed by atoms with Crippen molar-refractivity contribution in [3.63, 3.8) is 0 Å². The minimum atomic E-state index is -4.59. The van der Waals surface area contributed by atoms with Crippen LogP contribution in [0.15, 0.2) is 0 Å². The van der Waals surface area contributed by atoms with Crippen LogP contribution in [0.5, 0.6) is 0 Å². The maximum absolute atomic E-state index is 12.6. The fourth-order valence-corrected chi connectivity index (χ4v) is 2.46. The molecule has 2 unspecified atom stereocenters. The molecule has 94 valence electrons. The van der Waals surface area contributed by atoms with Gasteiger partial charge in [0.2, 0.25) is 0 Å². The van der Waals surface area contributed by atoms with E-state index in [4.69, 9.17) is 0 Å². The van der Waals surface area contributed by atoms with Gasteiger partial charge in [-0.05, 0) is 25.5 Å². The second-order valence-corrected chi connectivity index (χ2v) is 4.90. The van der Waals surface area contributed by atoms with Crippen molar-refractivity contribution in [3.05, 3.63) is 0 Å². The van der Waals surface area contributed by atoms with Gasteiger partial charge in [-0.1, -0.05) is 0 Å². The van der Waals surface area contributed by atoms with Gasteiger partial charge in [-0.2, -0.15) is 20.5 Å². The SMILES string of the molecule is CSC1CCC(NC(=O)C(F)(F)C(F)F)C1. The molecule has 1 rings (SSSR count). The fourth-order valence-electron chi connectivity index (χ4n) is 1.67. The highest BCUT2D eigenvalue weighted by atomic mass is 32.2. The molecule has 1 aliphatic carbocycles. The summed E-state index contributed by atoms with van der Waals surface area (Å²) in [7, 11) is 0. The highest BCUT2D eigenvalue weighted by molar-refractivity contribution is 7.99. The number of thioether (sulfide) groups is 1. The lowest BCUT2D eigenvalue weighted by molar-refractivity contribution is -0.170. The molecular formula is C9H13F4NOS. The van der Waals surface area contributed by atoms with Crippen molar-refractivity contribution >= 4 is 17.7 Å². The van der Waals surface area contributed by atoms with Crippen LogP contribution in [0.4, 0.5) is 17.6 Å². The quantitative estimate of drug-likeness (QED) is 0.785. The smallest absolute Gasteiger partial charge is 0.348 e. The van der Waals surface area contributed by atoms with Gasteiger partial charge in [0.1, 0.15) is 0 Å². The number of rotatable bonds is 4. The van der Waals surface area contributed by atoms with E-state index in [-0.39, 0.29) is 0 Å². The second-order valence-electron chi connectivity index (χ2n) is 3.76. The van der Waals surface area contributed by atoms with E-state index in [0.29, 0.717) is 18.1 Å². The maximum Gasteiger partial charge on any atom is 0.383 e. The average molecular weight is 259 g/mol. The zero-order valence-corrected chi connectivity index (χ0v) is 9.50. The van der Waals surface area contributed by atoms with E-state index in [1.807, 2.05) is 11.6 Å². The highest BCUT2D eigenvalue weighted by Crippen LogP contribution is 2.29. The van der Waals surface area contributed by atoms with E-state index < -0.39 is 24.3 Å². The van der Waals surface area contributed by atoms with Gasteiger partial charge in [0, 0.05) is 11.3 Å². The third-order valence-electron chi connectivity index (χ3n) is 2.63. The molecule has 0 aromatic heterocycles. The van der Waals surface area contributed by atoms with Crippen molar-refractivity contribution in [2.24, 2.45) is 0 Å². The molecule has 7 heteroatoms. The summed E-state index contributed by atoms with van der Waals surface area (Å²) in [6.07, 6.45) is -0.122. The van der Waals surface area contributed by atoms with Gasteiger partial charge in [-0.25, -0.2) is 8.78 Å². The van der Waals surface area contributed by atoms with Crippen molar-refractivity contribution in [3.8, 4) is 0 Å².